The maximum Gasteiger partial charge on any atom is 0.416 e. The summed E-state index contributed by atoms with van der Waals surface area (Å²) in [5, 5.41) is -0.356. The van der Waals surface area contributed by atoms with Crippen LogP contribution in [0.1, 0.15) is 11.3 Å². The van der Waals surface area contributed by atoms with Crippen molar-refractivity contribution in [1.29, 1.82) is 0 Å². The predicted molar refractivity (Wildman–Crippen MR) is 79.2 cm³/mol. The quantitative estimate of drug-likeness (QED) is 0.693. The second-order valence-corrected chi connectivity index (χ2v) is 5.07. The third kappa shape index (κ3) is 2.47. The first kappa shape index (κ1) is 15.9. The lowest BCUT2D eigenvalue weighted by Gasteiger charge is -2.15. The fraction of sp³-hybridized carbons (Fsp3) is 0.133. The number of aromatic nitrogens is 3. The van der Waals surface area contributed by atoms with Gasteiger partial charge in [-0.2, -0.15) is 18.2 Å². The number of nitrogens with two attached hydrogens (primary N) is 1. The molecular weight excluding hydrogens is 328 g/mol. The van der Waals surface area contributed by atoms with Gasteiger partial charge in [-0.05, 0) is 31.2 Å². The van der Waals surface area contributed by atoms with Crippen LogP contribution in [0.2, 0.25) is 0 Å². The summed E-state index contributed by atoms with van der Waals surface area (Å²) >= 11 is 0. The van der Waals surface area contributed by atoms with Gasteiger partial charge in [0.1, 0.15) is 11.6 Å². The highest BCUT2D eigenvalue weighted by Gasteiger charge is 2.32. The van der Waals surface area contributed by atoms with Crippen LogP contribution in [0.25, 0.3) is 16.6 Å². The standard InChI is InChI=1S/C15H10F4N4O/c1-7-10(3-2-4-21-7)23-11-6-8(15(17,18)19)5-9(16)12(11)13(20)22-14(23)24/h2-6H,1H3,(H2,20,22,24). The van der Waals surface area contributed by atoms with E-state index >= 15 is 0 Å². The van der Waals surface area contributed by atoms with Crippen molar-refractivity contribution in [3.8, 4) is 5.69 Å². The van der Waals surface area contributed by atoms with Crippen molar-refractivity contribution in [2.45, 2.75) is 13.1 Å². The van der Waals surface area contributed by atoms with Gasteiger partial charge in [0.15, 0.2) is 0 Å². The highest BCUT2D eigenvalue weighted by atomic mass is 19.4. The SMILES string of the molecule is Cc1ncccc1-n1c(=O)nc(N)c2c(F)cc(C(F)(F)F)cc21. The van der Waals surface area contributed by atoms with Crippen LogP contribution in [-0.4, -0.2) is 14.5 Å². The number of pyridine rings is 1. The van der Waals surface area contributed by atoms with E-state index in [1.54, 1.807) is 6.92 Å². The molecule has 0 unspecified atom stereocenters. The molecule has 24 heavy (non-hydrogen) atoms. The van der Waals surface area contributed by atoms with E-state index in [0.29, 0.717) is 17.8 Å². The van der Waals surface area contributed by atoms with Crippen LogP contribution in [0.15, 0.2) is 35.3 Å². The third-order valence-corrected chi connectivity index (χ3v) is 3.52. The minimum Gasteiger partial charge on any atom is -0.383 e. The summed E-state index contributed by atoms with van der Waals surface area (Å²) in [7, 11) is 0. The van der Waals surface area contributed by atoms with Gasteiger partial charge in [-0.25, -0.2) is 9.18 Å². The molecular formula is C15H10F4N4O. The fourth-order valence-electron chi connectivity index (χ4n) is 2.44. The van der Waals surface area contributed by atoms with Gasteiger partial charge in [-0.3, -0.25) is 9.55 Å². The molecule has 0 spiro atoms. The number of rotatable bonds is 1. The summed E-state index contributed by atoms with van der Waals surface area (Å²) in [4.78, 5) is 19.7. The number of fused-ring (bicyclic) bond motifs is 1. The Morgan fingerprint density at radius 1 is 1.25 bits per heavy atom. The van der Waals surface area contributed by atoms with Crippen molar-refractivity contribution >= 4 is 16.7 Å². The molecule has 3 aromatic rings. The van der Waals surface area contributed by atoms with Crippen LogP contribution in [-0.2, 0) is 6.18 Å². The Kier molecular flexibility index (Phi) is 3.51. The Labute approximate surface area is 132 Å². The number of nitrogen functional groups attached to an aromatic ring is 1. The molecule has 0 saturated heterocycles. The van der Waals surface area contributed by atoms with Crippen molar-refractivity contribution < 1.29 is 17.6 Å². The molecule has 0 saturated carbocycles. The summed E-state index contributed by atoms with van der Waals surface area (Å²) in [6.07, 6.45) is -3.32. The van der Waals surface area contributed by atoms with Crippen LogP contribution in [0.3, 0.4) is 0 Å². The number of hydrogen-bond donors (Lipinski definition) is 1. The zero-order valence-electron chi connectivity index (χ0n) is 12.2. The zero-order valence-corrected chi connectivity index (χ0v) is 12.2. The number of aryl methyl sites for hydroxylation is 1. The summed E-state index contributed by atoms with van der Waals surface area (Å²) in [5.74, 6) is -1.68. The van der Waals surface area contributed by atoms with E-state index in [1.807, 2.05) is 0 Å². The number of hydrogen-bond acceptors (Lipinski definition) is 4. The lowest BCUT2D eigenvalue weighted by Crippen LogP contribution is -2.25. The Morgan fingerprint density at radius 3 is 2.58 bits per heavy atom. The van der Waals surface area contributed by atoms with E-state index in [9.17, 15) is 22.4 Å². The molecule has 0 fully saturated rings. The van der Waals surface area contributed by atoms with Gasteiger partial charge in [0.05, 0.1) is 27.8 Å². The summed E-state index contributed by atoms with van der Waals surface area (Å²) in [6, 6.07) is 3.97. The number of benzene rings is 1. The van der Waals surface area contributed by atoms with Crippen molar-refractivity contribution in [1.82, 2.24) is 14.5 Å². The molecule has 0 bridgehead atoms. The molecule has 0 amide bonds. The Hall–Kier alpha value is -2.97. The molecule has 0 aliphatic heterocycles. The molecule has 2 heterocycles. The highest BCUT2D eigenvalue weighted by Crippen LogP contribution is 2.34. The van der Waals surface area contributed by atoms with Gasteiger partial charge in [0, 0.05) is 6.20 Å². The highest BCUT2D eigenvalue weighted by molar-refractivity contribution is 5.90. The maximum absolute atomic E-state index is 14.2. The van der Waals surface area contributed by atoms with Crippen LogP contribution in [0, 0.1) is 12.7 Å². The minimum atomic E-state index is -4.78. The topological polar surface area (TPSA) is 73.8 Å². The number of anilines is 1. The largest absolute Gasteiger partial charge is 0.416 e. The second-order valence-electron chi connectivity index (χ2n) is 5.07. The molecule has 2 aromatic heterocycles. The minimum absolute atomic E-state index is 0.193. The maximum atomic E-state index is 14.2. The first-order chi connectivity index (χ1) is 11.2. The van der Waals surface area contributed by atoms with E-state index < -0.39 is 29.1 Å². The van der Waals surface area contributed by atoms with Gasteiger partial charge >= 0.3 is 11.9 Å². The van der Waals surface area contributed by atoms with E-state index in [4.69, 9.17) is 5.73 Å². The van der Waals surface area contributed by atoms with E-state index in [0.717, 1.165) is 4.57 Å². The first-order valence-electron chi connectivity index (χ1n) is 6.71. The summed E-state index contributed by atoms with van der Waals surface area (Å²) in [6.45, 7) is 1.56. The Balaban J connectivity index is 2.52. The zero-order chi connectivity index (χ0) is 17.6. The van der Waals surface area contributed by atoms with Crippen molar-refractivity contribution in [2.24, 2.45) is 0 Å². The number of nitrogens with zero attached hydrogens (tertiary/aromatic N) is 3. The second kappa shape index (κ2) is 5.29. The van der Waals surface area contributed by atoms with Crippen molar-refractivity contribution in [3.63, 3.8) is 0 Å². The van der Waals surface area contributed by atoms with Gasteiger partial charge in [0.2, 0.25) is 0 Å². The smallest absolute Gasteiger partial charge is 0.383 e. The molecule has 124 valence electrons. The first-order valence-corrected chi connectivity index (χ1v) is 6.71. The van der Waals surface area contributed by atoms with Gasteiger partial charge in [-0.15, -0.1) is 0 Å². The van der Waals surface area contributed by atoms with Crippen LogP contribution >= 0.6 is 0 Å². The van der Waals surface area contributed by atoms with Crippen molar-refractivity contribution in [2.75, 3.05) is 5.73 Å². The van der Waals surface area contributed by atoms with Gasteiger partial charge in [0.25, 0.3) is 0 Å². The number of halogens is 4. The number of alkyl halides is 3. The molecule has 0 aliphatic carbocycles. The van der Waals surface area contributed by atoms with Crippen LogP contribution in [0.5, 0.6) is 0 Å². The lowest BCUT2D eigenvalue weighted by atomic mass is 10.1. The average Bonchev–Trinajstić information content (AvgIpc) is 2.47. The monoisotopic (exact) mass is 338 g/mol. The Morgan fingerprint density at radius 2 is 1.96 bits per heavy atom. The molecule has 3 rings (SSSR count). The summed E-state index contributed by atoms with van der Waals surface area (Å²) < 4.78 is 54.1. The van der Waals surface area contributed by atoms with E-state index in [1.165, 1.54) is 18.3 Å². The third-order valence-electron chi connectivity index (χ3n) is 3.52. The van der Waals surface area contributed by atoms with E-state index in [2.05, 4.69) is 9.97 Å². The van der Waals surface area contributed by atoms with Crippen LogP contribution in [0.4, 0.5) is 23.4 Å². The van der Waals surface area contributed by atoms with E-state index in [-0.39, 0.29) is 16.6 Å². The average molecular weight is 338 g/mol. The van der Waals surface area contributed by atoms with Crippen molar-refractivity contribution in [3.05, 3.63) is 58.0 Å². The normalized spacial score (nSPS) is 11.9. The molecule has 2 N–H and O–H groups in total. The predicted octanol–water partition coefficient (Wildman–Crippen LogP) is 2.83. The summed E-state index contributed by atoms with van der Waals surface area (Å²) in [5.41, 5.74) is 3.63. The van der Waals surface area contributed by atoms with Gasteiger partial charge in [-0.1, -0.05) is 0 Å². The van der Waals surface area contributed by atoms with Crippen LogP contribution < -0.4 is 11.4 Å². The Bertz CT molecular complexity index is 1010. The molecule has 1 aromatic carbocycles. The molecule has 9 heteroatoms. The molecule has 0 atom stereocenters. The molecule has 5 nitrogen and oxygen atoms in total. The lowest BCUT2D eigenvalue weighted by molar-refractivity contribution is -0.137. The van der Waals surface area contributed by atoms with Gasteiger partial charge < -0.3 is 5.73 Å². The molecule has 0 radical (unpaired) electrons. The fourth-order valence-corrected chi connectivity index (χ4v) is 2.44. The molecule has 0 aliphatic rings.